The minimum absolute atomic E-state index is 0.0721. The van der Waals surface area contributed by atoms with E-state index in [0.717, 1.165) is 16.7 Å². The van der Waals surface area contributed by atoms with Crippen LogP contribution in [0.2, 0.25) is 0 Å². The maximum absolute atomic E-state index is 12.8. The molecule has 2 rings (SSSR count). The molecular formula is C17H25N3O4S. The Morgan fingerprint density at radius 1 is 1.24 bits per heavy atom. The molecule has 1 N–H and O–H groups in total. The second kappa shape index (κ2) is 7.23. The van der Waals surface area contributed by atoms with E-state index in [1.807, 2.05) is 13.0 Å². The smallest absolute Gasteiger partial charge is 0.241 e. The number of nitrogens with one attached hydrogen (secondary N) is 1. The van der Waals surface area contributed by atoms with Crippen molar-refractivity contribution < 1.29 is 17.7 Å². The van der Waals surface area contributed by atoms with Gasteiger partial charge in [0, 0.05) is 7.11 Å². The summed E-state index contributed by atoms with van der Waals surface area (Å²) in [7, 11) is -2.19. The highest BCUT2D eigenvalue weighted by Gasteiger charge is 2.23. The number of methoxy groups -OCH3 is 1. The van der Waals surface area contributed by atoms with Gasteiger partial charge in [0.1, 0.15) is 6.61 Å². The maximum atomic E-state index is 12.8. The SMILES string of the molecule is COCc1noc(CNS(=O)(=O)c2cc(C(C)(C)C)cc(C)c2C)n1. The van der Waals surface area contributed by atoms with Crippen molar-refractivity contribution in [1.82, 2.24) is 14.9 Å². The number of hydrogen-bond acceptors (Lipinski definition) is 6. The fraction of sp³-hybridized carbons (Fsp3) is 0.529. The van der Waals surface area contributed by atoms with Crippen molar-refractivity contribution in [3.8, 4) is 0 Å². The van der Waals surface area contributed by atoms with E-state index in [1.54, 1.807) is 13.0 Å². The summed E-state index contributed by atoms with van der Waals surface area (Å²) in [4.78, 5) is 4.34. The average molecular weight is 367 g/mol. The van der Waals surface area contributed by atoms with Gasteiger partial charge in [0.05, 0.1) is 11.4 Å². The van der Waals surface area contributed by atoms with Gasteiger partial charge in [-0.25, -0.2) is 13.1 Å². The lowest BCUT2D eigenvalue weighted by Crippen LogP contribution is -2.25. The zero-order valence-corrected chi connectivity index (χ0v) is 16.3. The Kier molecular flexibility index (Phi) is 5.65. The number of hydrogen-bond donors (Lipinski definition) is 1. The van der Waals surface area contributed by atoms with Gasteiger partial charge in [0.15, 0.2) is 5.82 Å². The number of ether oxygens (including phenoxy) is 1. The fourth-order valence-corrected chi connectivity index (χ4v) is 3.64. The van der Waals surface area contributed by atoms with Gasteiger partial charge in [-0.1, -0.05) is 32.0 Å². The molecule has 0 spiro atoms. The van der Waals surface area contributed by atoms with E-state index in [9.17, 15) is 8.42 Å². The number of rotatable bonds is 6. The topological polar surface area (TPSA) is 94.3 Å². The highest BCUT2D eigenvalue weighted by atomic mass is 32.2. The third-order valence-electron chi connectivity index (χ3n) is 3.97. The molecule has 0 amide bonds. The molecule has 0 atom stereocenters. The standard InChI is InChI=1S/C17H25N3O4S/c1-11-7-13(17(3,4)5)8-14(12(11)2)25(21,22)18-9-16-19-15(10-23-6)20-24-16/h7-8,18H,9-10H2,1-6H3. The molecule has 0 aliphatic heterocycles. The first-order chi connectivity index (χ1) is 11.5. The highest BCUT2D eigenvalue weighted by molar-refractivity contribution is 7.89. The molecule has 1 aromatic carbocycles. The van der Waals surface area contributed by atoms with Gasteiger partial charge in [0.2, 0.25) is 15.9 Å². The largest absolute Gasteiger partial charge is 0.377 e. The molecule has 0 aliphatic rings. The van der Waals surface area contributed by atoms with Gasteiger partial charge >= 0.3 is 0 Å². The summed E-state index contributed by atoms with van der Waals surface area (Å²) >= 11 is 0. The van der Waals surface area contributed by atoms with E-state index in [4.69, 9.17) is 9.26 Å². The lowest BCUT2D eigenvalue weighted by atomic mass is 9.85. The van der Waals surface area contributed by atoms with Gasteiger partial charge in [-0.2, -0.15) is 4.98 Å². The van der Waals surface area contributed by atoms with E-state index in [-0.39, 0.29) is 29.4 Å². The summed E-state index contributed by atoms with van der Waals surface area (Å²) in [6.45, 7) is 10.0. The Morgan fingerprint density at radius 2 is 1.92 bits per heavy atom. The Bertz CT molecular complexity index is 851. The van der Waals surface area contributed by atoms with Gasteiger partial charge in [0.25, 0.3) is 0 Å². The maximum Gasteiger partial charge on any atom is 0.241 e. The van der Waals surface area contributed by atoms with E-state index in [2.05, 4.69) is 35.6 Å². The molecular weight excluding hydrogens is 342 g/mol. The predicted octanol–water partition coefficient (Wildman–Crippen LogP) is 2.61. The van der Waals surface area contributed by atoms with Crippen molar-refractivity contribution in [3.63, 3.8) is 0 Å². The van der Waals surface area contributed by atoms with Crippen LogP contribution in [0.4, 0.5) is 0 Å². The molecule has 0 fully saturated rings. The molecule has 2 aromatic rings. The lowest BCUT2D eigenvalue weighted by Gasteiger charge is -2.22. The molecule has 0 bridgehead atoms. The average Bonchev–Trinajstić information content (AvgIpc) is 2.95. The molecule has 1 aromatic heterocycles. The normalized spacial score (nSPS) is 12.6. The van der Waals surface area contributed by atoms with Crippen LogP contribution in [0.3, 0.4) is 0 Å². The zero-order valence-electron chi connectivity index (χ0n) is 15.5. The Balaban J connectivity index is 2.27. The van der Waals surface area contributed by atoms with Crippen molar-refractivity contribution in [2.24, 2.45) is 0 Å². The van der Waals surface area contributed by atoms with E-state index in [0.29, 0.717) is 5.82 Å². The van der Waals surface area contributed by atoms with Crippen LogP contribution in [0.5, 0.6) is 0 Å². The van der Waals surface area contributed by atoms with Gasteiger partial charge in [-0.3, -0.25) is 0 Å². The van der Waals surface area contributed by atoms with Crippen molar-refractivity contribution in [2.75, 3.05) is 7.11 Å². The lowest BCUT2D eigenvalue weighted by molar-refractivity contribution is 0.174. The third-order valence-corrected chi connectivity index (χ3v) is 5.50. The van der Waals surface area contributed by atoms with Crippen molar-refractivity contribution in [1.29, 1.82) is 0 Å². The molecule has 0 unspecified atom stereocenters. The second-order valence-electron chi connectivity index (χ2n) is 7.03. The minimum Gasteiger partial charge on any atom is -0.377 e. The first-order valence-corrected chi connectivity index (χ1v) is 9.44. The van der Waals surface area contributed by atoms with Crippen LogP contribution in [0, 0.1) is 13.8 Å². The Hall–Kier alpha value is -1.77. The summed E-state index contributed by atoms with van der Waals surface area (Å²) in [5.74, 6) is 0.565. The number of aromatic nitrogens is 2. The van der Waals surface area contributed by atoms with Crippen LogP contribution in [-0.2, 0) is 33.3 Å². The molecule has 25 heavy (non-hydrogen) atoms. The summed E-state index contributed by atoms with van der Waals surface area (Å²) < 4.78 is 38.0. The predicted molar refractivity (Wildman–Crippen MR) is 93.7 cm³/mol. The van der Waals surface area contributed by atoms with Gasteiger partial charge in [-0.05, 0) is 42.0 Å². The summed E-state index contributed by atoms with van der Waals surface area (Å²) in [6.07, 6.45) is 0. The van der Waals surface area contributed by atoms with Crippen LogP contribution in [0.15, 0.2) is 21.6 Å². The molecule has 0 saturated carbocycles. The third kappa shape index (κ3) is 4.65. The first-order valence-electron chi connectivity index (χ1n) is 7.96. The Labute approximate surface area is 148 Å². The van der Waals surface area contributed by atoms with Crippen LogP contribution >= 0.6 is 0 Å². The fourth-order valence-electron chi connectivity index (χ4n) is 2.32. The molecule has 1 heterocycles. The van der Waals surface area contributed by atoms with E-state index >= 15 is 0 Å². The zero-order chi connectivity index (χ0) is 18.8. The van der Waals surface area contributed by atoms with Crippen LogP contribution in [0.1, 0.15) is 49.2 Å². The number of nitrogens with zero attached hydrogens (tertiary/aromatic N) is 2. The molecule has 0 radical (unpaired) electrons. The molecule has 138 valence electrons. The molecule has 8 heteroatoms. The number of benzene rings is 1. The first kappa shape index (κ1) is 19.6. The highest BCUT2D eigenvalue weighted by Crippen LogP contribution is 2.29. The van der Waals surface area contributed by atoms with Crippen LogP contribution in [-0.4, -0.2) is 25.7 Å². The van der Waals surface area contributed by atoms with E-state index in [1.165, 1.54) is 7.11 Å². The summed E-state index contributed by atoms with van der Waals surface area (Å²) in [5.41, 5.74) is 2.49. The van der Waals surface area contributed by atoms with Gasteiger partial charge < -0.3 is 9.26 Å². The Morgan fingerprint density at radius 3 is 2.52 bits per heavy atom. The van der Waals surface area contributed by atoms with E-state index < -0.39 is 10.0 Å². The van der Waals surface area contributed by atoms with Crippen molar-refractivity contribution >= 4 is 10.0 Å². The monoisotopic (exact) mass is 367 g/mol. The summed E-state index contributed by atoms with van der Waals surface area (Å²) in [5, 5.41) is 3.71. The summed E-state index contributed by atoms with van der Waals surface area (Å²) in [6, 6.07) is 3.76. The second-order valence-corrected chi connectivity index (χ2v) is 8.76. The van der Waals surface area contributed by atoms with Crippen LogP contribution in [0.25, 0.3) is 0 Å². The number of sulfonamides is 1. The molecule has 0 aliphatic carbocycles. The van der Waals surface area contributed by atoms with Crippen molar-refractivity contribution in [3.05, 3.63) is 40.5 Å². The van der Waals surface area contributed by atoms with Crippen LogP contribution < -0.4 is 4.72 Å². The quantitative estimate of drug-likeness (QED) is 0.843. The van der Waals surface area contributed by atoms with Gasteiger partial charge in [-0.15, -0.1) is 0 Å². The number of aryl methyl sites for hydroxylation is 1. The minimum atomic E-state index is -3.71. The molecule has 0 saturated heterocycles. The molecule has 7 nitrogen and oxygen atoms in total. The van der Waals surface area contributed by atoms with Crippen molar-refractivity contribution in [2.45, 2.75) is 58.1 Å².